The topological polar surface area (TPSA) is 66.6 Å². The minimum absolute atomic E-state index is 0.323. The van der Waals surface area contributed by atoms with E-state index in [0.29, 0.717) is 17.3 Å². The predicted octanol–water partition coefficient (Wildman–Crippen LogP) is 1.96. The Kier molecular flexibility index (Phi) is 2.73. The van der Waals surface area contributed by atoms with Crippen molar-refractivity contribution in [1.82, 2.24) is 0 Å². The maximum Gasteiger partial charge on any atom is 0.337 e. The highest BCUT2D eigenvalue weighted by Gasteiger charge is 2.25. The molecule has 0 aromatic heterocycles. The quantitative estimate of drug-likeness (QED) is 0.764. The molecule has 0 saturated heterocycles. The Balaban J connectivity index is 2.36. The van der Waals surface area contributed by atoms with Gasteiger partial charge in [0, 0.05) is 18.8 Å². The number of nitrogens with two attached hydrogens (primary N) is 1. The molecule has 1 aromatic rings. The van der Waals surface area contributed by atoms with Gasteiger partial charge in [-0.05, 0) is 37.5 Å². The Morgan fingerprint density at radius 3 is 2.69 bits per heavy atom. The van der Waals surface area contributed by atoms with E-state index in [9.17, 15) is 4.79 Å². The van der Waals surface area contributed by atoms with Gasteiger partial charge in [0.1, 0.15) is 0 Å². The second-order valence-electron chi connectivity index (χ2n) is 4.28. The van der Waals surface area contributed by atoms with Crippen LogP contribution < -0.4 is 10.6 Å². The molecule has 0 heterocycles. The van der Waals surface area contributed by atoms with Gasteiger partial charge in [-0.3, -0.25) is 0 Å². The van der Waals surface area contributed by atoms with Gasteiger partial charge in [-0.2, -0.15) is 0 Å². The summed E-state index contributed by atoms with van der Waals surface area (Å²) in [5.74, 6) is -0.902. The lowest BCUT2D eigenvalue weighted by molar-refractivity contribution is 0.0697. The maximum absolute atomic E-state index is 11.1. The van der Waals surface area contributed by atoms with Crippen molar-refractivity contribution in [3.63, 3.8) is 0 Å². The van der Waals surface area contributed by atoms with Gasteiger partial charge in [-0.1, -0.05) is 0 Å². The molecule has 4 nitrogen and oxygen atoms in total. The maximum atomic E-state index is 11.1. The van der Waals surface area contributed by atoms with Crippen LogP contribution in [0.1, 0.15) is 29.6 Å². The number of benzene rings is 1. The van der Waals surface area contributed by atoms with Crippen LogP contribution in [-0.4, -0.2) is 24.2 Å². The number of hydrogen-bond donors (Lipinski definition) is 2. The molecule has 3 N–H and O–H groups in total. The van der Waals surface area contributed by atoms with Gasteiger partial charge in [-0.25, -0.2) is 4.79 Å². The van der Waals surface area contributed by atoms with Crippen molar-refractivity contribution in [1.29, 1.82) is 0 Å². The predicted molar refractivity (Wildman–Crippen MR) is 63.9 cm³/mol. The Labute approximate surface area is 94.7 Å². The lowest BCUT2D eigenvalue weighted by atomic mass is 9.91. The standard InChI is InChI=1S/C12H16N2O2/c1-14(9-3-2-4-9)11-7-8(13)5-6-10(11)12(15)16/h5-7,9H,2-4,13H2,1H3,(H,15,16). The monoisotopic (exact) mass is 220 g/mol. The third-order valence-corrected chi connectivity index (χ3v) is 3.25. The molecule has 0 amide bonds. The second-order valence-corrected chi connectivity index (χ2v) is 4.28. The molecule has 86 valence electrons. The Hall–Kier alpha value is -1.71. The smallest absolute Gasteiger partial charge is 0.337 e. The first kappa shape index (κ1) is 10.8. The van der Waals surface area contributed by atoms with Crippen molar-refractivity contribution in [3.8, 4) is 0 Å². The van der Waals surface area contributed by atoms with Crippen molar-refractivity contribution < 1.29 is 9.90 Å². The van der Waals surface area contributed by atoms with E-state index in [2.05, 4.69) is 0 Å². The first-order chi connectivity index (χ1) is 7.59. The fourth-order valence-electron chi connectivity index (χ4n) is 1.99. The van der Waals surface area contributed by atoms with E-state index in [-0.39, 0.29) is 0 Å². The minimum atomic E-state index is -0.902. The first-order valence-corrected chi connectivity index (χ1v) is 5.45. The van der Waals surface area contributed by atoms with Crippen molar-refractivity contribution in [2.45, 2.75) is 25.3 Å². The fraction of sp³-hybridized carbons (Fsp3) is 0.417. The zero-order chi connectivity index (χ0) is 11.7. The van der Waals surface area contributed by atoms with Crippen LogP contribution in [0, 0.1) is 0 Å². The molecule has 0 atom stereocenters. The van der Waals surface area contributed by atoms with Crippen LogP contribution in [0.2, 0.25) is 0 Å². The van der Waals surface area contributed by atoms with Gasteiger partial charge >= 0.3 is 5.97 Å². The van der Waals surface area contributed by atoms with Crippen LogP contribution >= 0.6 is 0 Å². The summed E-state index contributed by atoms with van der Waals surface area (Å²) < 4.78 is 0. The highest BCUT2D eigenvalue weighted by molar-refractivity contribution is 5.95. The molecule has 16 heavy (non-hydrogen) atoms. The van der Waals surface area contributed by atoms with Gasteiger partial charge in [0.25, 0.3) is 0 Å². The first-order valence-electron chi connectivity index (χ1n) is 5.45. The number of rotatable bonds is 3. The van der Waals surface area contributed by atoms with Crippen LogP contribution in [0.25, 0.3) is 0 Å². The Bertz CT molecular complexity index is 413. The third-order valence-electron chi connectivity index (χ3n) is 3.25. The number of aromatic carboxylic acids is 1. The zero-order valence-electron chi connectivity index (χ0n) is 9.31. The van der Waals surface area contributed by atoms with E-state index < -0.39 is 5.97 Å². The van der Waals surface area contributed by atoms with Gasteiger partial charge in [0.15, 0.2) is 0 Å². The largest absolute Gasteiger partial charge is 0.478 e. The SMILES string of the molecule is CN(c1cc(N)ccc1C(=O)O)C1CCC1. The van der Waals surface area contributed by atoms with E-state index in [1.54, 1.807) is 18.2 Å². The van der Waals surface area contributed by atoms with Crippen LogP contribution in [0.15, 0.2) is 18.2 Å². The molecule has 2 rings (SSSR count). The molecule has 0 radical (unpaired) electrons. The van der Waals surface area contributed by atoms with Crippen LogP contribution in [0.3, 0.4) is 0 Å². The van der Waals surface area contributed by atoms with Gasteiger partial charge in [0.2, 0.25) is 0 Å². The van der Waals surface area contributed by atoms with Gasteiger partial charge < -0.3 is 15.7 Å². The van der Waals surface area contributed by atoms with E-state index in [4.69, 9.17) is 10.8 Å². The average Bonchev–Trinajstić information content (AvgIpc) is 2.14. The van der Waals surface area contributed by atoms with Crippen LogP contribution in [0.4, 0.5) is 11.4 Å². The Morgan fingerprint density at radius 1 is 1.50 bits per heavy atom. The van der Waals surface area contributed by atoms with Crippen molar-refractivity contribution in [2.75, 3.05) is 17.7 Å². The molecule has 1 aromatic carbocycles. The Morgan fingerprint density at radius 2 is 2.19 bits per heavy atom. The summed E-state index contributed by atoms with van der Waals surface area (Å²) in [6.07, 6.45) is 3.48. The minimum Gasteiger partial charge on any atom is -0.478 e. The summed E-state index contributed by atoms with van der Waals surface area (Å²) in [5, 5.41) is 9.11. The van der Waals surface area contributed by atoms with Crippen LogP contribution in [-0.2, 0) is 0 Å². The summed E-state index contributed by atoms with van der Waals surface area (Å²) in [4.78, 5) is 13.1. The van der Waals surface area contributed by atoms with Gasteiger partial charge in [-0.15, -0.1) is 0 Å². The third kappa shape index (κ3) is 1.83. The van der Waals surface area contributed by atoms with E-state index in [1.807, 2.05) is 11.9 Å². The molecule has 4 heteroatoms. The number of carboxylic acid groups (broad SMARTS) is 1. The summed E-state index contributed by atoms with van der Waals surface area (Å²) in [6, 6.07) is 5.39. The molecule has 0 bridgehead atoms. The molecular formula is C12H16N2O2. The van der Waals surface area contributed by atoms with E-state index in [1.165, 1.54) is 6.42 Å². The van der Waals surface area contributed by atoms with E-state index >= 15 is 0 Å². The number of anilines is 2. The van der Waals surface area contributed by atoms with Crippen LogP contribution in [0.5, 0.6) is 0 Å². The summed E-state index contributed by atoms with van der Waals surface area (Å²) in [5.41, 5.74) is 7.35. The number of nitrogens with zero attached hydrogens (tertiary/aromatic N) is 1. The summed E-state index contributed by atoms with van der Waals surface area (Å²) in [6.45, 7) is 0. The average molecular weight is 220 g/mol. The van der Waals surface area contributed by atoms with Gasteiger partial charge in [0.05, 0.1) is 11.3 Å². The van der Waals surface area contributed by atoms with Crippen molar-refractivity contribution in [2.24, 2.45) is 0 Å². The normalized spacial score (nSPS) is 15.6. The van der Waals surface area contributed by atoms with E-state index in [0.717, 1.165) is 18.5 Å². The lowest BCUT2D eigenvalue weighted by Gasteiger charge is -2.37. The fourth-order valence-corrected chi connectivity index (χ4v) is 1.99. The molecule has 0 aliphatic heterocycles. The molecule has 0 spiro atoms. The van der Waals surface area contributed by atoms with Crippen molar-refractivity contribution in [3.05, 3.63) is 23.8 Å². The lowest BCUT2D eigenvalue weighted by Crippen LogP contribution is -2.37. The molecule has 1 saturated carbocycles. The summed E-state index contributed by atoms with van der Waals surface area (Å²) in [7, 11) is 1.94. The number of carbonyl (C=O) groups is 1. The zero-order valence-corrected chi connectivity index (χ0v) is 9.31. The molecule has 1 aliphatic rings. The number of hydrogen-bond acceptors (Lipinski definition) is 3. The highest BCUT2D eigenvalue weighted by atomic mass is 16.4. The molecule has 1 fully saturated rings. The highest BCUT2D eigenvalue weighted by Crippen LogP contribution is 2.31. The van der Waals surface area contributed by atoms with Crippen molar-refractivity contribution >= 4 is 17.3 Å². The number of carboxylic acids is 1. The number of nitrogen functional groups attached to an aromatic ring is 1. The second kappa shape index (κ2) is 4.04. The molecular weight excluding hydrogens is 204 g/mol. The molecule has 0 unspecified atom stereocenters. The summed E-state index contributed by atoms with van der Waals surface area (Å²) >= 11 is 0. The molecule has 1 aliphatic carbocycles.